The van der Waals surface area contributed by atoms with Crippen LogP contribution in [0.15, 0.2) is 29.4 Å². The predicted octanol–water partition coefficient (Wildman–Crippen LogP) is 1.44. The van der Waals surface area contributed by atoms with Crippen LogP contribution in [0.4, 0.5) is 5.69 Å². The number of aromatic nitrogens is 2. The molecule has 1 aliphatic carbocycles. The van der Waals surface area contributed by atoms with Gasteiger partial charge in [-0.05, 0) is 43.9 Å². The monoisotopic (exact) mass is 417 g/mol. The molecule has 4 rings (SSSR count). The fourth-order valence-electron chi connectivity index (χ4n) is 3.67. The van der Waals surface area contributed by atoms with Gasteiger partial charge in [-0.15, -0.1) is 0 Å². The zero-order chi connectivity index (χ0) is 20.8. The molecule has 2 aliphatic rings. The number of carbonyl (C=O) groups is 1. The van der Waals surface area contributed by atoms with E-state index in [2.05, 4.69) is 41.3 Å². The van der Waals surface area contributed by atoms with Gasteiger partial charge in [0.05, 0.1) is 5.56 Å². The third-order valence-electron chi connectivity index (χ3n) is 5.69. The number of carbonyl (C=O) groups excluding carboxylic acids is 1. The maximum atomic E-state index is 13.2. The van der Waals surface area contributed by atoms with Gasteiger partial charge < -0.3 is 10.2 Å². The van der Waals surface area contributed by atoms with Gasteiger partial charge in [0.1, 0.15) is 0 Å². The molecule has 8 nitrogen and oxygen atoms in total. The van der Waals surface area contributed by atoms with E-state index in [9.17, 15) is 13.2 Å². The summed E-state index contributed by atoms with van der Waals surface area (Å²) in [6.45, 7) is 6.08. The number of piperazine rings is 1. The van der Waals surface area contributed by atoms with Crippen molar-refractivity contribution in [1.82, 2.24) is 19.4 Å². The molecule has 1 aromatic heterocycles. The largest absolute Gasteiger partial charge is 0.369 e. The Kier molecular flexibility index (Phi) is 5.12. The summed E-state index contributed by atoms with van der Waals surface area (Å²) in [6, 6.07) is 6.33. The molecule has 1 amide bonds. The van der Waals surface area contributed by atoms with E-state index in [1.165, 1.54) is 26.3 Å². The van der Waals surface area contributed by atoms with Gasteiger partial charge in [0.15, 0.2) is 0 Å². The van der Waals surface area contributed by atoms with E-state index >= 15 is 0 Å². The molecule has 1 saturated carbocycles. The zero-order valence-corrected chi connectivity index (χ0v) is 17.9. The first-order valence-corrected chi connectivity index (χ1v) is 11.4. The van der Waals surface area contributed by atoms with Crippen LogP contribution < -0.4 is 10.2 Å². The Balaban J connectivity index is 1.52. The Bertz CT molecular complexity index is 1030. The van der Waals surface area contributed by atoms with Crippen molar-refractivity contribution in [3.63, 3.8) is 0 Å². The summed E-state index contributed by atoms with van der Waals surface area (Å²) in [5, 5.41) is 6.82. The molecule has 9 heteroatoms. The molecule has 156 valence electrons. The van der Waals surface area contributed by atoms with Crippen molar-refractivity contribution in [3.05, 3.63) is 41.1 Å². The summed E-state index contributed by atoms with van der Waals surface area (Å²) in [5.41, 5.74) is 3.70. The highest BCUT2D eigenvalue weighted by Crippen LogP contribution is 2.27. The summed E-state index contributed by atoms with van der Waals surface area (Å²) in [5.74, 6) is -0.367. The maximum absolute atomic E-state index is 13.2. The van der Waals surface area contributed by atoms with E-state index < -0.39 is 10.0 Å². The van der Waals surface area contributed by atoms with Gasteiger partial charge in [0, 0.05) is 51.2 Å². The second kappa shape index (κ2) is 7.46. The number of sulfonamides is 1. The van der Waals surface area contributed by atoms with E-state index in [1.807, 2.05) is 6.07 Å². The molecule has 0 radical (unpaired) electrons. The van der Waals surface area contributed by atoms with Gasteiger partial charge >= 0.3 is 0 Å². The quantitative estimate of drug-likeness (QED) is 0.795. The smallest absolute Gasteiger partial charge is 0.263 e. The van der Waals surface area contributed by atoms with E-state index in [1.54, 1.807) is 7.05 Å². The first kappa shape index (κ1) is 19.9. The number of hydrogen-bond donors (Lipinski definition) is 1. The van der Waals surface area contributed by atoms with Crippen LogP contribution in [0.25, 0.3) is 0 Å². The van der Waals surface area contributed by atoms with Gasteiger partial charge in [-0.2, -0.15) is 9.40 Å². The highest BCUT2D eigenvalue weighted by atomic mass is 32.2. The number of benzene rings is 1. The van der Waals surface area contributed by atoms with Crippen LogP contribution in [0.1, 0.15) is 34.3 Å². The fourth-order valence-corrected chi connectivity index (χ4v) is 5.22. The third kappa shape index (κ3) is 3.89. The lowest BCUT2D eigenvalue weighted by Gasteiger charge is -2.36. The van der Waals surface area contributed by atoms with E-state index in [0.717, 1.165) is 18.5 Å². The number of anilines is 1. The average Bonchev–Trinajstić information content (AvgIpc) is 3.41. The molecule has 0 unspecified atom stereocenters. The van der Waals surface area contributed by atoms with Crippen molar-refractivity contribution in [2.24, 2.45) is 7.05 Å². The molecule has 2 heterocycles. The van der Waals surface area contributed by atoms with Crippen molar-refractivity contribution < 1.29 is 13.2 Å². The van der Waals surface area contributed by atoms with Gasteiger partial charge in [-0.3, -0.25) is 9.48 Å². The number of rotatable bonds is 5. The lowest BCUT2D eigenvalue weighted by Crippen LogP contribution is -2.49. The highest BCUT2D eigenvalue weighted by molar-refractivity contribution is 7.89. The summed E-state index contributed by atoms with van der Waals surface area (Å²) in [6.07, 6.45) is 3.36. The summed E-state index contributed by atoms with van der Waals surface area (Å²) >= 11 is 0. The second-order valence-corrected chi connectivity index (χ2v) is 9.73. The van der Waals surface area contributed by atoms with Crippen LogP contribution in [-0.4, -0.2) is 60.6 Å². The van der Waals surface area contributed by atoms with Crippen LogP contribution in [0.2, 0.25) is 0 Å². The first-order chi connectivity index (χ1) is 13.8. The molecule has 1 aromatic carbocycles. The standard InChI is InChI=1S/C20H27N5O3S/c1-14-5-4-6-18(15(14)2)24-9-11-25(12-10-24)29(27,28)20-17(13-23(3)22-20)19(26)21-16-7-8-16/h4-6,13,16H,7-12H2,1-3H3,(H,21,26). The van der Waals surface area contributed by atoms with E-state index in [-0.39, 0.29) is 22.5 Å². The second-order valence-electron chi connectivity index (χ2n) is 7.88. The van der Waals surface area contributed by atoms with Gasteiger partial charge in [-0.1, -0.05) is 12.1 Å². The van der Waals surface area contributed by atoms with Crippen LogP contribution in [0.5, 0.6) is 0 Å². The molecule has 1 saturated heterocycles. The molecule has 2 fully saturated rings. The summed E-state index contributed by atoms with van der Waals surface area (Å²) < 4.78 is 29.3. The lowest BCUT2D eigenvalue weighted by atomic mass is 10.1. The summed E-state index contributed by atoms with van der Waals surface area (Å²) in [4.78, 5) is 14.7. The molecule has 29 heavy (non-hydrogen) atoms. The van der Waals surface area contributed by atoms with Gasteiger partial charge in [0.2, 0.25) is 5.03 Å². The van der Waals surface area contributed by atoms with Crippen LogP contribution in [-0.2, 0) is 17.1 Å². The molecule has 1 N–H and O–H groups in total. The van der Waals surface area contributed by atoms with Crippen molar-refractivity contribution in [2.75, 3.05) is 31.1 Å². The number of nitrogens with one attached hydrogen (secondary N) is 1. The Morgan fingerprint density at radius 2 is 1.83 bits per heavy atom. The minimum atomic E-state index is -3.84. The van der Waals surface area contributed by atoms with Gasteiger partial charge in [0.25, 0.3) is 15.9 Å². The van der Waals surface area contributed by atoms with Gasteiger partial charge in [-0.25, -0.2) is 8.42 Å². The van der Waals surface area contributed by atoms with Crippen molar-refractivity contribution in [3.8, 4) is 0 Å². The molecular formula is C20H27N5O3S. The Labute approximate surface area is 171 Å². The normalized spacial score (nSPS) is 18.1. The molecule has 1 aliphatic heterocycles. The minimum absolute atomic E-state index is 0.122. The van der Waals surface area contributed by atoms with Crippen LogP contribution >= 0.6 is 0 Å². The molecule has 0 bridgehead atoms. The zero-order valence-electron chi connectivity index (χ0n) is 17.1. The van der Waals surface area contributed by atoms with E-state index in [4.69, 9.17) is 0 Å². The van der Waals surface area contributed by atoms with Crippen LogP contribution in [0.3, 0.4) is 0 Å². The number of amides is 1. The number of hydrogen-bond acceptors (Lipinski definition) is 5. The van der Waals surface area contributed by atoms with Crippen LogP contribution in [0, 0.1) is 13.8 Å². The third-order valence-corrected chi connectivity index (χ3v) is 7.53. The first-order valence-electron chi connectivity index (χ1n) is 9.93. The molecule has 0 spiro atoms. The minimum Gasteiger partial charge on any atom is -0.369 e. The summed E-state index contributed by atoms with van der Waals surface area (Å²) in [7, 11) is -2.21. The van der Waals surface area contributed by atoms with Crippen molar-refractivity contribution in [2.45, 2.75) is 37.8 Å². The maximum Gasteiger partial charge on any atom is 0.263 e. The predicted molar refractivity (Wildman–Crippen MR) is 111 cm³/mol. The number of nitrogens with zero attached hydrogens (tertiary/aromatic N) is 4. The molecular weight excluding hydrogens is 390 g/mol. The average molecular weight is 418 g/mol. The SMILES string of the molecule is Cc1cccc(N2CCN(S(=O)(=O)c3nn(C)cc3C(=O)NC3CC3)CC2)c1C. The highest BCUT2D eigenvalue weighted by Gasteiger charge is 2.35. The fraction of sp³-hybridized carbons (Fsp3) is 0.500. The molecule has 0 atom stereocenters. The van der Waals surface area contributed by atoms with E-state index in [0.29, 0.717) is 26.2 Å². The van der Waals surface area contributed by atoms with Crippen molar-refractivity contribution in [1.29, 1.82) is 0 Å². The Morgan fingerprint density at radius 3 is 2.48 bits per heavy atom. The molecule has 2 aromatic rings. The lowest BCUT2D eigenvalue weighted by molar-refractivity contribution is 0.0947. The van der Waals surface area contributed by atoms with Crippen molar-refractivity contribution >= 4 is 21.6 Å². The Morgan fingerprint density at radius 1 is 1.14 bits per heavy atom. The topological polar surface area (TPSA) is 87.5 Å². The Hall–Kier alpha value is -2.39. The number of aryl methyl sites for hydroxylation is 2.